The quantitative estimate of drug-likeness (QED) is 0.648. The molecule has 2 N–H and O–H groups in total. The van der Waals surface area contributed by atoms with Crippen molar-refractivity contribution in [2.45, 2.75) is 13.0 Å². The molecular weight excluding hydrogens is 266 g/mol. The number of hydrogen-bond acceptors (Lipinski definition) is 6. The molecule has 0 saturated heterocycles. The fourth-order valence-electron chi connectivity index (χ4n) is 1.68. The van der Waals surface area contributed by atoms with Crippen molar-refractivity contribution in [1.82, 2.24) is 4.98 Å². The number of nitrogens with zero attached hydrogens (tertiary/aromatic N) is 2. The maximum absolute atomic E-state index is 10.7. The van der Waals surface area contributed by atoms with Crippen molar-refractivity contribution in [2.24, 2.45) is 0 Å². The summed E-state index contributed by atoms with van der Waals surface area (Å²) in [5.74, 6) is 0. The molecule has 0 bridgehead atoms. The first-order valence-corrected chi connectivity index (χ1v) is 6.51. The van der Waals surface area contributed by atoms with Crippen molar-refractivity contribution in [3.8, 4) is 0 Å². The Hall–Kier alpha value is -1.99. The van der Waals surface area contributed by atoms with Crippen LogP contribution in [-0.4, -0.2) is 21.6 Å². The van der Waals surface area contributed by atoms with Crippen LogP contribution in [0.5, 0.6) is 0 Å². The van der Waals surface area contributed by atoms with E-state index in [2.05, 4.69) is 10.3 Å². The molecule has 0 aliphatic rings. The topological polar surface area (TPSA) is 88.3 Å². The first-order chi connectivity index (χ1) is 9.08. The van der Waals surface area contributed by atoms with Crippen LogP contribution in [-0.2, 0) is 0 Å². The highest BCUT2D eigenvalue weighted by Crippen LogP contribution is 2.23. The van der Waals surface area contributed by atoms with Crippen molar-refractivity contribution in [1.29, 1.82) is 0 Å². The minimum absolute atomic E-state index is 0.0913. The number of nitrogens with one attached hydrogen (secondary N) is 1. The van der Waals surface area contributed by atoms with Crippen LogP contribution < -0.4 is 5.32 Å². The zero-order valence-corrected chi connectivity index (χ0v) is 11.1. The molecule has 1 atom stereocenters. The SMILES string of the molecule is Cc1cc(NCC(O)c2cncs2)ccc1[N+](=O)[O-]. The highest BCUT2D eigenvalue weighted by atomic mass is 32.1. The molecule has 0 saturated carbocycles. The van der Waals surface area contributed by atoms with Crippen LogP contribution in [0, 0.1) is 17.0 Å². The number of aryl methyl sites for hydroxylation is 1. The van der Waals surface area contributed by atoms with Gasteiger partial charge in [0, 0.05) is 30.1 Å². The summed E-state index contributed by atoms with van der Waals surface area (Å²) in [7, 11) is 0. The smallest absolute Gasteiger partial charge is 0.272 e. The van der Waals surface area contributed by atoms with E-state index in [1.54, 1.807) is 30.8 Å². The number of thiazole rings is 1. The Morgan fingerprint density at radius 2 is 2.37 bits per heavy atom. The van der Waals surface area contributed by atoms with Gasteiger partial charge in [0.15, 0.2) is 0 Å². The summed E-state index contributed by atoms with van der Waals surface area (Å²) in [5.41, 5.74) is 3.08. The van der Waals surface area contributed by atoms with E-state index in [9.17, 15) is 15.2 Å². The van der Waals surface area contributed by atoms with Crippen molar-refractivity contribution in [3.63, 3.8) is 0 Å². The van der Waals surface area contributed by atoms with Gasteiger partial charge in [0.2, 0.25) is 0 Å². The Morgan fingerprint density at radius 3 is 2.95 bits per heavy atom. The highest BCUT2D eigenvalue weighted by Gasteiger charge is 2.12. The summed E-state index contributed by atoms with van der Waals surface area (Å²) in [6, 6.07) is 4.78. The number of nitro groups is 1. The molecule has 100 valence electrons. The van der Waals surface area contributed by atoms with Crippen LogP contribution in [0.3, 0.4) is 0 Å². The lowest BCUT2D eigenvalue weighted by Gasteiger charge is -2.11. The number of anilines is 1. The maximum Gasteiger partial charge on any atom is 0.272 e. The van der Waals surface area contributed by atoms with Crippen molar-refractivity contribution >= 4 is 22.7 Å². The summed E-state index contributed by atoms with van der Waals surface area (Å²) in [6.07, 6.45) is 0.987. The second-order valence-corrected chi connectivity index (χ2v) is 4.98. The summed E-state index contributed by atoms with van der Waals surface area (Å²) in [6.45, 7) is 2.02. The number of aliphatic hydroxyl groups excluding tert-OH is 1. The van der Waals surface area contributed by atoms with Crippen LogP contribution in [0.1, 0.15) is 16.5 Å². The number of nitro benzene ring substituents is 1. The Bertz CT molecular complexity index is 572. The Morgan fingerprint density at radius 1 is 1.58 bits per heavy atom. The third kappa shape index (κ3) is 3.27. The van der Waals surface area contributed by atoms with Gasteiger partial charge in [-0.2, -0.15) is 0 Å². The van der Waals surface area contributed by atoms with Crippen molar-refractivity contribution < 1.29 is 10.0 Å². The van der Waals surface area contributed by atoms with Crippen molar-refractivity contribution in [2.75, 3.05) is 11.9 Å². The number of aromatic nitrogens is 1. The third-order valence-electron chi connectivity index (χ3n) is 2.67. The third-order valence-corrected chi connectivity index (χ3v) is 3.55. The molecule has 7 heteroatoms. The van der Waals surface area contributed by atoms with Crippen LogP contribution in [0.15, 0.2) is 29.9 Å². The lowest BCUT2D eigenvalue weighted by atomic mass is 10.2. The minimum atomic E-state index is -0.636. The summed E-state index contributed by atoms with van der Waals surface area (Å²) in [5, 5.41) is 23.6. The number of benzene rings is 1. The van der Waals surface area contributed by atoms with Gasteiger partial charge in [0.05, 0.1) is 15.3 Å². The summed E-state index contributed by atoms with van der Waals surface area (Å²) >= 11 is 1.39. The van der Waals surface area contributed by atoms with Gasteiger partial charge in [0.1, 0.15) is 6.10 Å². The zero-order chi connectivity index (χ0) is 13.8. The lowest BCUT2D eigenvalue weighted by Crippen LogP contribution is -2.11. The van der Waals surface area contributed by atoms with E-state index in [1.807, 2.05) is 0 Å². The van der Waals surface area contributed by atoms with Crippen LogP contribution in [0.25, 0.3) is 0 Å². The van der Waals surface area contributed by atoms with Crippen LogP contribution in [0.2, 0.25) is 0 Å². The first-order valence-electron chi connectivity index (χ1n) is 5.63. The molecule has 1 unspecified atom stereocenters. The van der Waals surface area contributed by atoms with Gasteiger partial charge in [-0.1, -0.05) is 0 Å². The fraction of sp³-hybridized carbons (Fsp3) is 0.250. The second kappa shape index (κ2) is 5.77. The molecule has 1 heterocycles. The van der Waals surface area contributed by atoms with Gasteiger partial charge in [-0.05, 0) is 19.1 Å². The normalized spacial score (nSPS) is 12.1. The molecule has 2 aromatic rings. The average Bonchev–Trinajstić information content (AvgIpc) is 2.89. The predicted octanol–water partition coefficient (Wildman–Crippen LogP) is 2.51. The monoisotopic (exact) mass is 279 g/mol. The molecule has 1 aromatic carbocycles. The molecule has 0 fully saturated rings. The average molecular weight is 279 g/mol. The lowest BCUT2D eigenvalue weighted by molar-refractivity contribution is -0.385. The van der Waals surface area contributed by atoms with E-state index in [4.69, 9.17) is 0 Å². The molecule has 6 nitrogen and oxygen atoms in total. The van der Waals surface area contributed by atoms with E-state index >= 15 is 0 Å². The molecule has 0 amide bonds. The summed E-state index contributed by atoms with van der Waals surface area (Å²) in [4.78, 5) is 15.0. The minimum Gasteiger partial charge on any atom is -0.386 e. The van der Waals surface area contributed by atoms with E-state index in [0.29, 0.717) is 12.1 Å². The van der Waals surface area contributed by atoms with Gasteiger partial charge in [-0.25, -0.2) is 0 Å². The molecule has 2 rings (SSSR count). The maximum atomic E-state index is 10.7. The Labute approximate surface area is 113 Å². The van der Waals surface area contributed by atoms with Gasteiger partial charge in [-0.3, -0.25) is 15.1 Å². The van der Waals surface area contributed by atoms with Gasteiger partial charge in [-0.15, -0.1) is 11.3 Å². The van der Waals surface area contributed by atoms with Gasteiger partial charge < -0.3 is 10.4 Å². The molecule has 0 aliphatic carbocycles. The Kier molecular flexibility index (Phi) is 4.08. The fourth-order valence-corrected chi connectivity index (χ4v) is 2.28. The standard InChI is InChI=1S/C12H13N3O3S/c1-8-4-9(2-3-10(8)15(17)18)14-5-11(16)12-6-13-7-19-12/h2-4,6-7,11,14,16H,5H2,1H3. The largest absolute Gasteiger partial charge is 0.386 e. The first kappa shape index (κ1) is 13.4. The Balaban J connectivity index is 2.00. The van der Waals surface area contributed by atoms with E-state index in [0.717, 1.165) is 10.6 Å². The number of rotatable bonds is 5. The molecule has 0 aliphatic heterocycles. The molecule has 0 radical (unpaired) electrons. The van der Waals surface area contributed by atoms with Crippen LogP contribution >= 0.6 is 11.3 Å². The van der Waals surface area contributed by atoms with E-state index < -0.39 is 11.0 Å². The van der Waals surface area contributed by atoms with Crippen LogP contribution in [0.4, 0.5) is 11.4 Å². The predicted molar refractivity (Wildman–Crippen MR) is 73.4 cm³/mol. The van der Waals surface area contributed by atoms with E-state index in [-0.39, 0.29) is 5.69 Å². The summed E-state index contributed by atoms with van der Waals surface area (Å²) < 4.78 is 0. The molecule has 1 aromatic heterocycles. The van der Waals surface area contributed by atoms with E-state index in [1.165, 1.54) is 17.4 Å². The number of hydrogen-bond donors (Lipinski definition) is 2. The molecule has 0 spiro atoms. The number of aliphatic hydroxyl groups is 1. The van der Waals surface area contributed by atoms with Crippen molar-refractivity contribution in [3.05, 3.63) is 50.5 Å². The highest BCUT2D eigenvalue weighted by molar-refractivity contribution is 7.09. The molecule has 19 heavy (non-hydrogen) atoms. The van der Waals surface area contributed by atoms with Gasteiger partial charge >= 0.3 is 0 Å². The zero-order valence-electron chi connectivity index (χ0n) is 10.2. The van der Waals surface area contributed by atoms with Gasteiger partial charge in [0.25, 0.3) is 5.69 Å². The second-order valence-electron chi connectivity index (χ2n) is 4.06. The molecular formula is C12H13N3O3S.